The number of phenols is 1. The minimum Gasteiger partial charge on any atom is -0.508 e. The van der Waals surface area contributed by atoms with Crippen LogP contribution in [0.2, 0.25) is 0 Å². The van der Waals surface area contributed by atoms with Crippen LogP contribution in [-0.2, 0) is 6.42 Å². The Bertz CT molecular complexity index is 1500. The molecule has 2 heterocycles. The van der Waals surface area contributed by atoms with Crippen LogP contribution in [-0.4, -0.2) is 75.9 Å². The number of H-pyrrole nitrogens is 1. The zero-order valence-corrected chi connectivity index (χ0v) is 23.2. The summed E-state index contributed by atoms with van der Waals surface area (Å²) in [5.41, 5.74) is 3.24. The Kier molecular flexibility index (Phi) is 9.20. The lowest BCUT2D eigenvalue weighted by molar-refractivity contribution is -0.384. The largest absolute Gasteiger partial charge is 0.508 e. The van der Waals surface area contributed by atoms with Crippen molar-refractivity contribution in [1.29, 1.82) is 0 Å². The third kappa shape index (κ3) is 7.56. The highest BCUT2D eigenvalue weighted by molar-refractivity contribution is 5.98. The van der Waals surface area contributed by atoms with Crippen LogP contribution in [0, 0.1) is 10.1 Å². The molecular formula is C31H35N5O6. The van der Waals surface area contributed by atoms with Crippen LogP contribution >= 0.6 is 0 Å². The van der Waals surface area contributed by atoms with Crippen molar-refractivity contribution in [2.45, 2.75) is 31.4 Å². The van der Waals surface area contributed by atoms with Gasteiger partial charge in [-0.25, -0.2) is 0 Å². The van der Waals surface area contributed by atoms with Crippen molar-refractivity contribution in [3.8, 4) is 11.5 Å². The fourth-order valence-corrected chi connectivity index (χ4v) is 5.04. The summed E-state index contributed by atoms with van der Waals surface area (Å²) < 4.78 is 5.53. The summed E-state index contributed by atoms with van der Waals surface area (Å²) >= 11 is 0. The first kappa shape index (κ1) is 28.9. The molecule has 0 spiro atoms. The van der Waals surface area contributed by atoms with Crippen LogP contribution in [0.1, 0.15) is 28.9 Å². The van der Waals surface area contributed by atoms with Crippen molar-refractivity contribution >= 4 is 28.2 Å². The third-order valence-electron chi connectivity index (χ3n) is 7.40. The summed E-state index contributed by atoms with van der Waals surface area (Å²) in [6.07, 6.45) is 1.83. The van der Waals surface area contributed by atoms with E-state index in [2.05, 4.69) is 39.9 Å². The van der Waals surface area contributed by atoms with Crippen LogP contribution in [0.25, 0.3) is 10.9 Å². The lowest BCUT2D eigenvalue weighted by Crippen LogP contribution is -2.42. The van der Waals surface area contributed by atoms with Gasteiger partial charge >= 0.3 is 0 Å². The number of piperidine rings is 1. The van der Waals surface area contributed by atoms with E-state index in [0.29, 0.717) is 36.6 Å². The number of amides is 1. The maximum Gasteiger partial charge on any atom is 0.271 e. The smallest absolute Gasteiger partial charge is 0.271 e. The standard InChI is InChI=1S/C31H35N5O6/c37-26-7-9-28(10-8-26)42-20-27(38)19-32-14-11-21-1-4-23(5-2-21)33-24-12-15-35(16-13-24)31(39)30-17-22-3-6-25(36(40)41)18-29(22)34-30/h1-10,17-18,24,27,32-34,37-38H,11-16,19-20H2/t27-/m0/s1. The van der Waals surface area contributed by atoms with Crippen LogP contribution in [0.5, 0.6) is 11.5 Å². The van der Waals surface area contributed by atoms with Gasteiger partial charge in [-0.05, 0) is 79.9 Å². The maximum atomic E-state index is 13.0. The van der Waals surface area contributed by atoms with E-state index in [1.54, 1.807) is 36.4 Å². The Hall–Kier alpha value is -4.61. The summed E-state index contributed by atoms with van der Waals surface area (Å²) in [4.78, 5) is 28.5. The summed E-state index contributed by atoms with van der Waals surface area (Å²) in [5, 5.41) is 38.1. The molecule has 1 aliphatic heterocycles. The fraction of sp³-hybridized carbons (Fsp3) is 0.323. The van der Waals surface area contributed by atoms with Gasteiger partial charge in [0.05, 0.1) is 10.4 Å². The van der Waals surface area contributed by atoms with Crippen molar-refractivity contribution in [3.63, 3.8) is 0 Å². The summed E-state index contributed by atoms with van der Waals surface area (Å²) in [6.45, 7) is 2.56. The summed E-state index contributed by atoms with van der Waals surface area (Å²) in [5.74, 6) is 0.675. The number of nitro benzene ring substituents is 1. The number of aromatic amines is 1. The highest BCUT2D eigenvalue weighted by Crippen LogP contribution is 2.24. The number of nitrogens with zero attached hydrogens (tertiary/aromatic N) is 2. The number of fused-ring (bicyclic) bond motifs is 1. The first-order valence-corrected chi connectivity index (χ1v) is 14.1. The molecule has 0 saturated carbocycles. The molecule has 5 rings (SSSR count). The van der Waals surface area contributed by atoms with Gasteiger partial charge in [0, 0.05) is 48.9 Å². The molecule has 0 radical (unpaired) electrons. The first-order chi connectivity index (χ1) is 20.3. The number of nitro groups is 1. The number of benzene rings is 3. The average Bonchev–Trinajstić information content (AvgIpc) is 3.43. The molecule has 11 nitrogen and oxygen atoms in total. The molecule has 0 aliphatic carbocycles. The SMILES string of the molecule is O=C(c1cc2ccc([N+](=O)[O-])cc2[nH]1)N1CCC(Nc2ccc(CCNC[C@H](O)COc3ccc(O)cc3)cc2)CC1. The van der Waals surface area contributed by atoms with Crippen LogP contribution < -0.4 is 15.4 Å². The number of anilines is 1. The van der Waals surface area contributed by atoms with Gasteiger partial charge in [0.2, 0.25) is 0 Å². The second kappa shape index (κ2) is 13.4. The summed E-state index contributed by atoms with van der Waals surface area (Å²) in [7, 11) is 0. The van der Waals surface area contributed by atoms with Gasteiger partial charge in [-0.1, -0.05) is 12.1 Å². The van der Waals surface area contributed by atoms with E-state index in [1.807, 2.05) is 4.90 Å². The van der Waals surface area contributed by atoms with E-state index < -0.39 is 11.0 Å². The van der Waals surface area contributed by atoms with Crippen molar-refractivity contribution in [3.05, 3.63) is 94.2 Å². The molecule has 1 aromatic heterocycles. The first-order valence-electron chi connectivity index (χ1n) is 14.1. The van der Waals surface area contributed by atoms with Gasteiger partial charge in [-0.15, -0.1) is 0 Å². The van der Waals surface area contributed by atoms with Crippen LogP contribution in [0.4, 0.5) is 11.4 Å². The zero-order chi connectivity index (χ0) is 29.5. The number of aliphatic hydroxyl groups excluding tert-OH is 1. The van der Waals surface area contributed by atoms with E-state index >= 15 is 0 Å². The molecule has 0 bridgehead atoms. The molecule has 4 aromatic rings. The second-order valence-corrected chi connectivity index (χ2v) is 10.5. The minimum absolute atomic E-state index is 0.00965. The van der Waals surface area contributed by atoms with Gasteiger partial charge in [0.25, 0.3) is 11.6 Å². The fourth-order valence-electron chi connectivity index (χ4n) is 5.04. The van der Waals surface area contributed by atoms with Crippen LogP contribution in [0.3, 0.4) is 0 Å². The number of ether oxygens (including phenoxy) is 1. The Balaban J connectivity index is 1.00. The number of nitrogens with one attached hydrogen (secondary N) is 3. The number of phenolic OH excluding ortho intramolecular Hbond substituents is 1. The van der Waals surface area contributed by atoms with Gasteiger partial charge < -0.3 is 35.5 Å². The Morgan fingerprint density at radius 3 is 2.52 bits per heavy atom. The lowest BCUT2D eigenvalue weighted by atomic mass is 10.0. The number of aliphatic hydroxyl groups is 1. The van der Waals surface area contributed by atoms with Gasteiger partial charge in [-0.2, -0.15) is 0 Å². The molecule has 220 valence electrons. The van der Waals surface area contributed by atoms with E-state index in [9.17, 15) is 25.1 Å². The molecule has 1 amide bonds. The number of carbonyl (C=O) groups excluding carboxylic acids is 1. The number of carbonyl (C=O) groups is 1. The quantitative estimate of drug-likeness (QED) is 0.0966. The molecule has 1 fully saturated rings. The van der Waals surface area contributed by atoms with E-state index in [1.165, 1.54) is 17.7 Å². The number of likely N-dealkylation sites (tertiary alicyclic amines) is 1. The zero-order valence-electron chi connectivity index (χ0n) is 23.2. The predicted molar refractivity (Wildman–Crippen MR) is 160 cm³/mol. The van der Waals surface area contributed by atoms with Gasteiger partial charge in [-0.3, -0.25) is 14.9 Å². The molecule has 1 aliphatic rings. The molecule has 42 heavy (non-hydrogen) atoms. The van der Waals surface area contributed by atoms with E-state index in [4.69, 9.17) is 4.74 Å². The van der Waals surface area contributed by atoms with Crippen molar-refractivity contribution < 1.29 is 24.7 Å². The number of non-ortho nitro benzene ring substituents is 1. The van der Waals surface area contributed by atoms with Crippen molar-refractivity contribution in [2.24, 2.45) is 0 Å². The minimum atomic E-state index is -0.640. The molecule has 5 N–H and O–H groups in total. The molecule has 1 atom stereocenters. The molecular weight excluding hydrogens is 538 g/mol. The van der Waals surface area contributed by atoms with Gasteiger partial charge in [0.1, 0.15) is 29.9 Å². The number of rotatable bonds is 12. The molecule has 11 heteroatoms. The number of hydrogen-bond acceptors (Lipinski definition) is 8. The Labute approximate surface area is 243 Å². The highest BCUT2D eigenvalue weighted by Gasteiger charge is 2.25. The van der Waals surface area contributed by atoms with E-state index in [-0.39, 0.29) is 30.0 Å². The lowest BCUT2D eigenvalue weighted by Gasteiger charge is -2.32. The Morgan fingerprint density at radius 1 is 1.07 bits per heavy atom. The monoisotopic (exact) mass is 573 g/mol. The average molecular weight is 574 g/mol. The second-order valence-electron chi connectivity index (χ2n) is 10.5. The van der Waals surface area contributed by atoms with E-state index in [0.717, 1.165) is 36.9 Å². The maximum absolute atomic E-state index is 13.0. The topological polar surface area (TPSA) is 153 Å². The normalized spacial score (nSPS) is 14.5. The number of hydrogen-bond donors (Lipinski definition) is 5. The summed E-state index contributed by atoms with van der Waals surface area (Å²) in [6, 6.07) is 21.3. The predicted octanol–water partition coefficient (Wildman–Crippen LogP) is 4.07. The third-order valence-corrected chi connectivity index (χ3v) is 7.40. The molecule has 3 aromatic carbocycles. The van der Waals surface area contributed by atoms with Crippen molar-refractivity contribution in [2.75, 3.05) is 38.1 Å². The van der Waals surface area contributed by atoms with Gasteiger partial charge in [0.15, 0.2) is 0 Å². The Morgan fingerprint density at radius 2 is 1.81 bits per heavy atom. The highest BCUT2D eigenvalue weighted by atomic mass is 16.6. The molecule has 1 saturated heterocycles. The van der Waals surface area contributed by atoms with Crippen LogP contribution in [0.15, 0.2) is 72.8 Å². The number of aromatic nitrogens is 1. The number of aromatic hydroxyl groups is 1. The van der Waals surface area contributed by atoms with Crippen molar-refractivity contribution in [1.82, 2.24) is 15.2 Å². The molecule has 0 unspecified atom stereocenters.